The van der Waals surface area contributed by atoms with Gasteiger partial charge in [-0.15, -0.1) is 0 Å². The van der Waals surface area contributed by atoms with E-state index >= 15 is 0 Å². The molecule has 0 bridgehead atoms. The minimum Gasteiger partial charge on any atom is -0.195 e. The summed E-state index contributed by atoms with van der Waals surface area (Å²) >= 11 is 0. The first kappa shape index (κ1) is 15.5. The summed E-state index contributed by atoms with van der Waals surface area (Å²) in [4.78, 5) is 0. The number of hydrogen-bond acceptors (Lipinski definition) is 2. The predicted molar refractivity (Wildman–Crippen MR) is 81.8 cm³/mol. The highest BCUT2D eigenvalue weighted by atomic mass is 32.2. The Morgan fingerprint density at radius 3 is 2.50 bits per heavy atom. The van der Waals surface area contributed by atoms with Crippen molar-refractivity contribution in [2.75, 3.05) is 20.6 Å². The molecule has 0 aliphatic carbocycles. The van der Waals surface area contributed by atoms with Crippen LogP contribution in [0.3, 0.4) is 0 Å². The van der Waals surface area contributed by atoms with Gasteiger partial charge in [0.1, 0.15) is 0 Å². The summed E-state index contributed by atoms with van der Waals surface area (Å²) in [7, 11) is -0.191. The van der Waals surface area contributed by atoms with Crippen LogP contribution in [0.2, 0.25) is 0 Å². The summed E-state index contributed by atoms with van der Waals surface area (Å²) in [6, 6.07) is 6.27. The molecule has 0 amide bonds. The van der Waals surface area contributed by atoms with Gasteiger partial charge in [-0.2, -0.15) is 17.0 Å². The number of nitrogens with zero attached hydrogens (tertiary/aromatic N) is 2. The van der Waals surface area contributed by atoms with Crippen LogP contribution >= 0.6 is 0 Å². The van der Waals surface area contributed by atoms with E-state index in [9.17, 15) is 8.42 Å². The van der Waals surface area contributed by atoms with E-state index in [0.717, 1.165) is 12.0 Å². The van der Waals surface area contributed by atoms with Gasteiger partial charge in [0.2, 0.25) is 0 Å². The van der Waals surface area contributed by atoms with Gasteiger partial charge in [0.25, 0.3) is 10.2 Å². The summed E-state index contributed by atoms with van der Waals surface area (Å²) < 4.78 is 28.0. The number of fused-ring (bicyclic) bond motifs is 1. The van der Waals surface area contributed by atoms with Crippen molar-refractivity contribution in [3.63, 3.8) is 0 Å². The van der Waals surface area contributed by atoms with Gasteiger partial charge >= 0.3 is 0 Å². The lowest BCUT2D eigenvalue weighted by atomic mass is 9.87. The molecule has 1 atom stereocenters. The number of rotatable bonds is 3. The molecule has 0 aromatic heterocycles. The molecule has 1 aromatic rings. The van der Waals surface area contributed by atoms with E-state index in [1.807, 2.05) is 0 Å². The number of hydrogen-bond donors (Lipinski definition) is 0. The minimum absolute atomic E-state index is 0.0771. The molecular weight excluding hydrogens is 272 g/mol. The highest BCUT2D eigenvalue weighted by Crippen LogP contribution is 2.37. The zero-order chi connectivity index (χ0) is 15.1. The van der Waals surface area contributed by atoms with Crippen LogP contribution < -0.4 is 0 Å². The maximum atomic E-state index is 12.5. The van der Waals surface area contributed by atoms with Crippen molar-refractivity contribution < 1.29 is 8.42 Å². The van der Waals surface area contributed by atoms with Crippen molar-refractivity contribution in [3.8, 4) is 0 Å². The Hall–Kier alpha value is -0.910. The van der Waals surface area contributed by atoms with Gasteiger partial charge in [-0.1, -0.05) is 37.6 Å². The fraction of sp³-hybridized carbons (Fsp3) is 0.600. The molecule has 1 heterocycles. The Balaban J connectivity index is 2.51. The molecule has 0 spiro atoms. The van der Waals surface area contributed by atoms with E-state index < -0.39 is 10.2 Å². The Kier molecular flexibility index (Phi) is 4.23. The molecule has 1 unspecified atom stereocenters. The van der Waals surface area contributed by atoms with Gasteiger partial charge in [0.05, 0.1) is 6.04 Å². The van der Waals surface area contributed by atoms with Crippen molar-refractivity contribution >= 4 is 10.2 Å². The van der Waals surface area contributed by atoms with Crippen LogP contribution in [0, 0.1) is 12.8 Å². The smallest absolute Gasteiger partial charge is 0.195 e. The first-order valence-electron chi connectivity index (χ1n) is 7.04. The monoisotopic (exact) mass is 296 g/mol. The van der Waals surface area contributed by atoms with Crippen LogP contribution in [0.5, 0.6) is 0 Å². The molecule has 1 aliphatic rings. The van der Waals surface area contributed by atoms with Crippen molar-refractivity contribution in [3.05, 3.63) is 34.9 Å². The normalized spacial score (nSPS) is 20.4. The Morgan fingerprint density at radius 1 is 1.30 bits per heavy atom. The maximum Gasteiger partial charge on any atom is 0.282 e. The first-order chi connectivity index (χ1) is 9.25. The van der Waals surface area contributed by atoms with Crippen LogP contribution in [-0.4, -0.2) is 37.7 Å². The fourth-order valence-corrected chi connectivity index (χ4v) is 4.31. The van der Waals surface area contributed by atoms with Crippen LogP contribution in [0.4, 0.5) is 0 Å². The molecule has 5 heteroatoms. The van der Waals surface area contributed by atoms with Gasteiger partial charge in [-0.25, -0.2) is 0 Å². The minimum atomic E-state index is -3.38. The Labute approximate surface area is 122 Å². The fourth-order valence-electron chi connectivity index (χ4n) is 2.92. The Bertz CT molecular complexity index is 594. The zero-order valence-corrected chi connectivity index (χ0v) is 13.7. The highest BCUT2D eigenvalue weighted by molar-refractivity contribution is 7.86. The van der Waals surface area contributed by atoms with E-state index in [-0.39, 0.29) is 12.0 Å². The van der Waals surface area contributed by atoms with Crippen LogP contribution in [0.15, 0.2) is 18.2 Å². The second-order valence-electron chi connectivity index (χ2n) is 6.04. The lowest BCUT2D eigenvalue weighted by molar-refractivity contribution is 0.236. The molecule has 112 valence electrons. The van der Waals surface area contributed by atoms with Crippen LogP contribution in [0.1, 0.15) is 36.6 Å². The van der Waals surface area contributed by atoms with E-state index in [4.69, 9.17) is 0 Å². The van der Waals surface area contributed by atoms with Gasteiger partial charge in [0, 0.05) is 20.6 Å². The standard InChI is InChI=1S/C15H24N2O2S/c1-11(2)15-14-7-6-12(3)10-13(14)8-9-17(15)20(18,19)16(4)5/h6-7,10-11,15H,8-9H2,1-5H3. The van der Waals surface area contributed by atoms with E-state index in [0.29, 0.717) is 6.54 Å². The average molecular weight is 296 g/mol. The lowest BCUT2D eigenvalue weighted by Gasteiger charge is -2.39. The molecule has 0 saturated heterocycles. The second kappa shape index (κ2) is 5.47. The first-order valence-corrected chi connectivity index (χ1v) is 8.43. The third-order valence-corrected chi connectivity index (χ3v) is 5.84. The molecule has 2 rings (SSSR count). The lowest BCUT2D eigenvalue weighted by Crippen LogP contribution is -2.47. The number of benzene rings is 1. The third-order valence-electron chi connectivity index (χ3n) is 3.92. The van der Waals surface area contributed by atoms with E-state index in [2.05, 4.69) is 39.0 Å². The SMILES string of the molecule is Cc1ccc2c(c1)CCN(S(=O)(=O)N(C)C)C2C(C)C. The Morgan fingerprint density at radius 2 is 1.95 bits per heavy atom. The van der Waals surface area contributed by atoms with Crippen molar-refractivity contribution in [1.29, 1.82) is 0 Å². The van der Waals surface area contributed by atoms with Crippen molar-refractivity contribution in [2.45, 2.75) is 33.2 Å². The molecule has 0 saturated carbocycles. The van der Waals surface area contributed by atoms with Crippen molar-refractivity contribution in [1.82, 2.24) is 8.61 Å². The summed E-state index contributed by atoms with van der Waals surface area (Å²) in [5, 5.41) is 0. The van der Waals surface area contributed by atoms with Gasteiger partial charge in [-0.3, -0.25) is 0 Å². The summed E-state index contributed by atoms with van der Waals surface area (Å²) in [6.45, 7) is 6.79. The zero-order valence-electron chi connectivity index (χ0n) is 12.9. The quantitative estimate of drug-likeness (QED) is 0.859. The molecule has 1 aliphatic heterocycles. The summed E-state index contributed by atoms with van der Waals surface area (Å²) in [5.41, 5.74) is 3.67. The summed E-state index contributed by atoms with van der Waals surface area (Å²) in [5.74, 6) is 0.242. The van der Waals surface area contributed by atoms with Gasteiger partial charge in [0.15, 0.2) is 0 Å². The molecule has 0 N–H and O–H groups in total. The number of aryl methyl sites for hydroxylation is 1. The maximum absolute atomic E-state index is 12.5. The highest BCUT2D eigenvalue weighted by Gasteiger charge is 2.38. The topological polar surface area (TPSA) is 40.6 Å². The average Bonchev–Trinajstić information content (AvgIpc) is 2.36. The van der Waals surface area contributed by atoms with E-state index in [1.165, 1.54) is 15.4 Å². The molecule has 0 radical (unpaired) electrons. The largest absolute Gasteiger partial charge is 0.282 e. The predicted octanol–water partition coefficient (Wildman–Crippen LogP) is 2.36. The summed E-state index contributed by atoms with van der Waals surface area (Å²) in [6.07, 6.45) is 0.785. The second-order valence-corrected chi connectivity index (χ2v) is 8.14. The molecule has 20 heavy (non-hydrogen) atoms. The third kappa shape index (κ3) is 2.62. The molecular formula is C15H24N2O2S. The van der Waals surface area contributed by atoms with Crippen LogP contribution in [-0.2, 0) is 16.6 Å². The molecule has 4 nitrogen and oxygen atoms in total. The van der Waals surface area contributed by atoms with Crippen LogP contribution in [0.25, 0.3) is 0 Å². The molecule has 0 fully saturated rings. The van der Waals surface area contributed by atoms with Crippen molar-refractivity contribution in [2.24, 2.45) is 5.92 Å². The van der Waals surface area contributed by atoms with Gasteiger partial charge < -0.3 is 0 Å². The van der Waals surface area contributed by atoms with Gasteiger partial charge in [-0.05, 0) is 30.4 Å². The van der Waals surface area contributed by atoms with E-state index in [1.54, 1.807) is 18.4 Å². The molecule has 1 aromatic carbocycles.